The minimum absolute atomic E-state index is 0.206. The number of carbonyl (C=O) groups is 2. The minimum Gasteiger partial charge on any atom is -0.481 e. The van der Waals surface area contributed by atoms with Gasteiger partial charge in [0.15, 0.2) is 0 Å². The molecule has 2 fully saturated rings. The second-order valence-electron chi connectivity index (χ2n) is 5.87. The summed E-state index contributed by atoms with van der Waals surface area (Å²) >= 11 is 11.9. The lowest BCUT2D eigenvalue weighted by Gasteiger charge is -2.19. The highest BCUT2D eigenvalue weighted by molar-refractivity contribution is 6.34. The highest BCUT2D eigenvalue weighted by Crippen LogP contribution is 2.68. The van der Waals surface area contributed by atoms with Gasteiger partial charge in [-0.2, -0.15) is 0 Å². The number of aliphatic carboxylic acids is 2. The van der Waals surface area contributed by atoms with Crippen LogP contribution >= 0.6 is 23.2 Å². The number of hydrogen-bond donors (Lipinski definition) is 2. The van der Waals surface area contributed by atoms with Crippen LogP contribution in [0.2, 0.25) is 10.0 Å². The van der Waals surface area contributed by atoms with Gasteiger partial charge in [-0.05, 0) is 30.2 Å². The molecule has 1 aliphatic heterocycles. The molecule has 0 unspecified atom stereocenters. The molecule has 1 aromatic rings. The zero-order valence-corrected chi connectivity index (χ0v) is 12.5. The van der Waals surface area contributed by atoms with E-state index in [-0.39, 0.29) is 19.5 Å². The van der Waals surface area contributed by atoms with E-state index in [0.29, 0.717) is 16.6 Å². The van der Waals surface area contributed by atoms with E-state index in [1.165, 1.54) is 0 Å². The lowest BCUT2D eigenvalue weighted by atomic mass is 9.97. The first-order chi connectivity index (χ1) is 9.79. The van der Waals surface area contributed by atoms with Crippen molar-refractivity contribution in [1.29, 1.82) is 0 Å². The molecule has 2 atom stereocenters. The molecular formula is C14H13Cl2NO4. The second-order valence-corrected chi connectivity index (χ2v) is 6.75. The van der Waals surface area contributed by atoms with Crippen LogP contribution in [0, 0.1) is 10.8 Å². The molecule has 1 heterocycles. The minimum atomic E-state index is -1.15. The maximum atomic E-state index is 11.4. The van der Waals surface area contributed by atoms with Gasteiger partial charge in [0, 0.05) is 29.7 Å². The summed E-state index contributed by atoms with van der Waals surface area (Å²) in [5, 5.41) is 19.7. The Labute approximate surface area is 131 Å². The van der Waals surface area contributed by atoms with Gasteiger partial charge >= 0.3 is 11.9 Å². The van der Waals surface area contributed by atoms with E-state index in [4.69, 9.17) is 23.2 Å². The largest absolute Gasteiger partial charge is 0.481 e. The van der Waals surface area contributed by atoms with Crippen LogP contribution < -0.4 is 0 Å². The molecule has 21 heavy (non-hydrogen) atoms. The summed E-state index contributed by atoms with van der Waals surface area (Å²) in [6.07, 6.45) is 0.206. The molecule has 7 heteroatoms. The van der Waals surface area contributed by atoms with E-state index >= 15 is 0 Å². The van der Waals surface area contributed by atoms with Crippen LogP contribution in [-0.4, -0.2) is 40.1 Å². The Morgan fingerprint density at radius 3 is 1.95 bits per heavy atom. The quantitative estimate of drug-likeness (QED) is 0.886. The Morgan fingerprint density at radius 1 is 1.05 bits per heavy atom. The Bertz CT molecular complexity index is 602. The normalized spacial score (nSPS) is 31.0. The summed E-state index contributed by atoms with van der Waals surface area (Å²) in [7, 11) is 0. The summed E-state index contributed by atoms with van der Waals surface area (Å²) in [6, 6.07) is 5.11. The molecule has 112 valence electrons. The van der Waals surface area contributed by atoms with Gasteiger partial charge in [0.05, 0.1) is 10.8 Å². The molecule has 1 saturated carbocycles. The van der Waals surface area contributed by atoms with Crippen LogP contribution in [0.3, 0.4) is 0 Å². The summed E-state index contributed by atoms with van der Waals surface area (Å²) in [5.41, 5.74) is -1.46. The Balaban J connectivity index is 1.81. The molecule has 1 aromatic carbocycles. The van der Waals surface area contributed by atoms with Gasteiger partial charge < -0.3 is 10.2 Å². The molecule has 0 bridgehead atoms. The number of nitrogens with zero attached hydrogens (tertiary/aromatic N) is 1. The van der Waals surface area contributed by atoms with Crippen molar-refractivity contribution in [3.63, 3.8) is 0 Å². The van der Waals surface area contributed by atoms with Crippen molar-refractivity contribution in [3.8, 4) is 0 Å². The molecule has 3 rings (SSSR count). The molecule has 1 aliphatic carbocycles. The van der Waals surface area contributed by atoms with Gasteiger partial charge in [-0.25, -0.2) is 0 Å². The fourth-order valence-electron chi connectivity index (χ4n) is 3.47. The Kier molecular flexibility index (Phi) is 3.20. The number of piperidine rings is 1. The fourth-order valence-corrected chi connectivity index (χ4v) is 4.04. The zero-order valence-electron chi connectivity index (χ0n) is 11.0. The number of carboxylic acids is 2. The second kappa shape index (κ2) is 4.60. The smallest absolute Gasteiger partial charge is 0.312 e. The zero-order chi connectivity index (χ0) is 15.4. The van der Waals surface area contributed by atoms with Crippen molar-refractivity contribution >= 4 is 35.1 Å². The third kappa shape index (κ3) is 2.11. The van der Waals surface area contributed by atoms with Gasteiger partial charge in [0.25, 0.3) is 0 Å². The van der Waals surface area contributed by atoms with Crippen LogP contribution in [0.25, 0.3) is 0 Å². The van der Waals surface area contributed by atoms with E-state index in [1.807, 2.05) is 4.90 Å². The molecule has 2 N–H and O–H groups in total. The maximum absolute atomic E-state index is 11.4. The van der Waals surface area contributed by atoms with Crippen molar-refractivity contribution in [2.24, 2.45) is 10.8 Å². The van der Waals surface area contributed by atoms with Crippen molar-refractivity contribution in [3.05, 3.63) is 33.8 Å². The van der Waals surface area contributed by atoms with Gasteiger partial charge in [-0.15, -0.1) is 0 Å². The molecule has 0 radical (unpaired) electrons. The SMILES string of the molecule is O=C(O)[C@@]12CN(Cc3cc(Cl)cc(Cl)c3)C[C@]1(C(=O)O)C2. The van der Waals surface area contributed by atoms with Crippen molar-refractivity contribution in [2.75, 3.05) is 13.1 Å². The molecular weight excluding hydrogens is 317 g/mol. The fraction of sp³-hybridized carbons (Fsp3) is 0.429. The number of fused-ring (bicyclic) bond motifs is 1. The van der Waals surface area contributed by atoms with Crippen LogP contribution in [0.15, 0.2) is 18.2 Å². The van der Waals surface area contributed by atoms with E-state index in [9.17, 15) is 19.8 Å². The van der Waals surface area contributed by atoms with E-state index < -0.39 is 22.8 Å². The maximum Gasteiger partial charge on any atom is 0.312 e. The monoisotopic (exact) mass is 329 g/mol. The first-order valence-corrected chi connectivity index (χ1v) is 7.19. The highest BCUT2D eigenvalue weighted by atomic mass is 35.5. The topological polar surface area (TPSA) is 77.8 Å². The van der Waals surface area contributed by atoms with Gasteiger partial charge in [0.2, 0.25) is 0 Å². The number of hydrogen-bond acceptors (Lipinski definition) is 3. The standard InChI is InChI=1S/C14H13Cl2NO4/c15-9-1-8(2-10(16)3-9)4-17-6-13(11(18)19)5-14(13,7-17)12(20)21/h1-3H,4-7H2,(H,18,19)(H,20,21)/t13-,14+. The van der Waals surface area contributed by atoms with Crippen LogP contribution in [0.1, 0.15) is 12.0 Å². The molecule has 1 saturated heterocycles. The molecule has 0 amide bonds. The molecule has 0 spiro atoms. The van der Waals surface area contributed by atoms with Crippen molar-refractivity contribution in [2.45, 2.75) is 13.0 Å². The number of rotatable bonds is 4. The molecule has 2 aliphatic rings. The van der Waals surface area contributed by atoms with Gasteiger partial charge in [-0.1, -0.05) is 23.2 Å². The lowest BCUT2D eigenvalue weighted by molar-refractivity contribution is -0.151. The van der Waals surface area contributed by atoms with E-state index in [1.54, 1.807) is 18.2 Å². The third-order valence-electron chi connectivity index (χ3n) is 4.53. The molecule has 0 aromatic heterocycles. The molecule has 5 nitrogen and oxygen atoms in total. The average molecular weight is 330 g/mol. The lowest BCUT2D eigenvalue weighted by Crippen LogP contribution is -2.28. The van der Waals surface area contributed by atoms with E-state index in [0.717, 1.165) is 5.56 Å². The van der Waals surface area contributed by atoms with Crippen LogP contribution in [0.5, 0.6) is 0 Å². The van der Waals surface area contributed by atoms with Gasteiger partial charge in [-0.3, -0.25) is 14.5 Å². The number of halogens is 2. The Morgan fingerprint density at radius 2 is 1.52 bits per heavy atom. The van der Waals surface area contributed by atoms with Crippen molar-refractivity contribution < 1.29 is 19.8 Å². The first-order valence-electron chi connectivity index (χ1n) is 6.43. The predicted molar refractivity (Wildman–Crippen MR) is 76.5 cm³/mol. The summed E-state index contributed by atoms with van der Waals surface area (Å²) in [4.78, 5) is 24.7. The number of likely N-dealkylation sites (tertiary alicyclic amines) is 1. The van der Waals surface area contributed by atoms with E-state index in [2.05, 4.69) is 0 Å². The van der Waals surface area contributed by atoms with Crippen LogP contribution in [0.4, 0.5) is 0 Å². The van der Waals surface area contributed by atoms with Crippen LogP contribution in [-0.2, 0) is 16.1 Å². The average Bonchev–Trinajstić information content (AvgIpc) is 2.88. The summed E-state index contributed by atoms with van der Waals surface area (Å²) < 4.78 is 0. The van der Waals surface area contributed by atoms with Gasteiger partial charge in [0.1, 0.15) is 0 Å². The Hall–Kier alpha value is -1.30. The summed E-state index contributed by atoms with van der Waals surface area (Å²) in [6.45, 7) is 0.905. The first kappa shape index (κ1) is 14.6. The highest BCUT2D eigenvalue weighted by Gasteiger charge is 2.80. The number of benzene rings is 1. The third-order valence-corrected chi connectivity index (χ3v) is 4.97. The van der Waals surface area contributed by atoms with Crippen molar-refractivity contribution in [1.82, 2.24) is 4.90 Å². The number of carboxylic acid groups (broad SMARTS) is 2. The predicted octanol–water partition coefficient (Wildman–Crippen LogP) is 2.35. The summed E-state index contributed by atoms with van der Waals surface area (Å²) in [5.74, 6) is -2.06.